The Labute approximate surface area is 188 Å². The molecule has 3 N–H and O–H groups in total. The predicted octanol–water partition coefficient (Wildman–Crippen LogP) is 3.32. The largest absolute Gasteiger partial charge is 0.351 e. The highest BCUT2D eigenvalue weighted by atomic mass is 35.5. The normalized spacial score (nSPS) is 22.5. The van der Waals surface area contributed by atoms with Crippen LogP contribution >= 0.6 is 11.6 Å². The van der Waals surface area contributed by atoms with Crippen LogP contribution in [0.2, 0.25) is 5.02 Å². The minimum Gasteiger partial charge on any atom is -0.351 e. The smallest absolute Gasteiger partial charge is 0.296 e. The molecule has 0 bridgehead atoms. The quantitative estimate of drug-likeness (QED) is 0.641. The Hall–Kier alpha value is -2.49. The molecule has 1 aromatic heterocycles. The van der Waals surface area contributed by atoms with Crippen molar-refractivity contribution in [2.75, 3.05) is 20.1 Å². The summed E-state index contributed by atoms with van der Waals surface area (Å²) < 4.78 is 0. The van der Waals surface area contributed by atoms with E-state index in [-0.39, 0.29) is 23.9 Å². The number of nitrogens with one attached hydrogen (secondary N) is 3. The molecule has 4 rings (SSSR count). The fourth-order valence-electron chi connectivity index (χ4n) is 4.47. The molecule has 1 aliphatic carbocycles. The molecule has 2 heterocycles. The summed E-state index contributed by atoms with van der Waals surface area (Å²) in [7, 11) is 2.11. The number of nitrogens with zero attached hydrogens (tertiary/aromatic N) is 1. The van der Waals surface area contributed by atoms with Crippen molar-refractivity contribution in [1.29, 1.82) is 0 Å². The maximum atomic E-state index is 12.8. The van der Waals surface area contributed by atoms with Crippen LogP contribution in [0.4, 0.5) is 0 Å². The Morgan fingerprint density at radius 1 is 1.06 bits per heavy atom. The molecule has 164 valence electrons. The van der Waals surface area contributed by atoms with Crippen LogP contribution in [0.25, 0.3) is 10.9 Å². The Balaban J connectivity index is 1.36. The standard InChI is InChI=1S/C24H29ClN4O2/c1-29-12-10-16(11-13-29)6-9-23(30)27-20-4-2-3-5-21(20)28-24(31)22-15-17-14-18(25)7-8-19(17)26-22/h7-8,14-16,20-21,26H,2-5,10-13H2,1H3,(H,27,30)(H,28,31)/t20-,21+/m1/s1. The first-order valence-corrected chi connectivity index (χ1v) is 11.5. The van der Waals surface area contributed by atoms with Gasteiger partial charge in [-0.3, -0.25) is 9.59 Å². The van der Waals surface area contributed by atoms with E-state index in [9.17, 15) is 9.59 Å². The number of likely N-dealkylation sites (tertiary alicyclic amines) is 1. The van der Waals surface area contributed by atoms with Gasteiger partial charge in [-0.2, -0.15) is 0 Å². The summed E-state index contributed by atoms with van der Waals surface area (Å²) in [6, 6.07) is 7.08. The molecule has 2 aliphatic rings. The van der Waals surface area contributed by atoms with Gasteiger partial charge >= 0.3 is 0 Å². The topological polar surface area (TPSA) is 77.2 Å². The second kappa shape index (κ2) is 9.76. The lowest BCUT2D eigenvalue weighted by atomic mass is 9.90. The van der Waals surface area contributed by atoms with E-state index in [1.807, 2.05) is 12.1 Å². The van der Waals surface area contributed by atoms with Crippen LogP contribution in [0.5, 0.6) is 0 Å². The first-order chi connectivity index (χ1) is 15.0. The van der Waals surface area contributed by atoms with Gasteiger partial charge in [-0.05, 0) is 76.0 Å². The van der Waals surface area contributed by atoms with Crippen LogP contribution in [0, 0.1) is 17.8 Å². The number of fused-ring (bicyclic) bond motifs is 1. The Bertz CT molecular complexity index is 1010. The fraction of sp³-hybridized carbons (Fsp3) is 0.500. The number of carbonyl (C=O) groups is 2. The van der Waals surface area contributed by atoms with Crippen LogP contribution in [0.15, 0.2) is 24.3 Å². The van der Waals surface area contributed by atoms with Gasteiger partial charge in [0.05, 0.1) is 0 Å². The Kier molecular flexibility index (Phi) is 6.84. The third-order valence-corrected chi connectivity index (χ3v) is 6.57. The zero-order chi connectivity index (χ0) is 21.8. The number of piperidine rings is 1. The first-order valence-electron chi connectivity index (χ1n) is 11.1. The number of H-pyrrole nitrogens is 1. The highest BCUT2D eigenvalue weighted by Crippen LogP contribution is 2.22. The van der Waals surface area contributed by atoms with E-state index in [4.69, 9.17) is 11.6 Å². The van der Waals surface area contributed by atoms with Crippen molar-refractivity contribution in [1.82, 2.24) is 20.5 Å². The van der Waals surface area contributed by atoms with Gasteiger partial charge in [0, 0.05) is 33.9 Å². The molecule has 6 nitrogen and oxygen atoms in total. The van der Waals surface area contributed by atoms with Gasteiger partial charge in [0.25, 0.3) is 11.8 Å². The monoisotopic (exact) mass is 440 g/mol. The predicted molar refractivity (Wildman–Crippen MR) is 123 cm³/mol. The summed E-state index contributed by atoms with van der Waals surface area (Å²) in [5.74, 6) is 5.81. The summed E-state index contributed by atoms with van der Waals surface area (Å²) in [4.78, 5) is 30.7. The Morgan fingerprint density at radius 2 is 1.77 bits per heavy atom. The summed E-state index contributed by atoms with van der Waals surface area (Å²) >= 11 is 6.04. The lowest BCUT2D eigenvalue weighted by Gasteiger charge is -2.32. The minimum atomic E-state index is -0.245. The summed E-state index contributed by atoms with van der Waals surface area (Å²) in [5.41, 5.74) is 1.36. The van der Waals surface area contributed by atoms with Crippen LogP contribution in [-0.4, -0.2) is 53.9 Å². The van der Waals surface area contributed by atoms with Crippen LogP contribution in [-0.2, 0) is 4.79 Å². The highest BCUT2D eigenvalue weighted by Gasteiger charge is 2.28. The van der Waals surface area contributed by atoms with E-state index in [0.29, 0.717) is 16.6 Å². The van der Waals surface area contributed by atoms with Crippen LogP contribution < -0.4 is 10.6 Å². The fourth-order valence-corrected chi connectivity index (χ4v) is 4.65. The number of carbonyl (C=O) groups excluding carboxylic acids is 2. The van der Waals surface area contributed by atoms with E-state index in [2.05, 4.69) is 39.4 Å². The molecular formula is C24H29ClN4O2. The number of aromatic amines is 1. The van der Waals surface area contributed by atoms with Crippen molar-refractivity contribution in [3.05, 3.63) is 35.0 Å². The molecule has 2 atom stereocenters. The van der Waals surface area contributed by atoms with Crippen LogP contribution in [0.3, 0.4) is 0 Å². The van der Waals surface area contributed by atoms with Gasteiger partial charge in [0.2, 0.25) is 0 Å². The number of benzene rings is 1. The molecule has 31 heavy (non-hydrogen) atoms. The molecule has 1 saturated heterocycles. The maximum absolute atomic E-state index is 12.8. The van der Waals surface area contributed by atoms with E-state index >= 15 is 0 Å². The SMILES string of the molecule is CN1CCC(C#CC(=O)N[C@@H]2CCCC[C@@H]2NC(=O)c2cc3cc(Cl)ccc3[nH]2)CC1. The van der Waals surface area contributed by atoms with E-state index in [0.717, 1.165) is 62.5 Å². The van der Waals surface area contributed by atoms with E-state index in [1.165, 1.54) is 0 Å². The number of aromatic nitrogens is 1. The van der Waals surface area contributed by atoms with Crippen molar-refractivity contribution in [2.24, 2.45) is 5.92 Å². The van der Waals surface area contributed by atoms with Crippen molar-refractivity contribution in [3.63, 3.8) is 0 Å². The van der Waals surface area contributed by atoms with Crippen molar-refractivity contribution >= 4 is 34.3 Å². The second-order valence-corrected chi connectivity index (χ2v) is 9.14. The van der Waals surface area contributed by atoms with Gasteiger partial charge in [-0.1, -0.05) is 30.4 Å². The number of rotatable bonds is 3. The molecule has 0 radical (unpaired) electrons. The number of amides is 2. The molecule has 2 aromatic rings. The molecule has 1 saturated carbocycles. The molecule has 2 fully saturated rings. The van der Waals surface area contributed by atoms with Crippen molar-refractivity contribution < 1.29 is 9.59 Å². The van der Waals surface area contributed by atoms with Crippen molar-refractivity contribution in [2.45, 2.75) is 50.6 Å². The molecule has 1 aliphatic heterocycles. The number of halogens is 1. The van der Waals surface area contributed by atoms with Crippen molar-refractivity contribution in [3.8, 4) is 11.8 Å². The van der Waals surface area contributed by atoms with E-state index in [1.54, 1.807) is 12.1 Å². The second-order valence-electron chi connectivity index (χ2n) is 8.71. The zero-order valence-electron chi connectivity index (χ0n) is 17.8. The van der Waals surface area contributed by atoms with Crippen LogP contribution in [0.1, 0.15) is 49.0 Å². The number of hydrogen-bond donors (Lipinski definition) is 3. The lowest BCUT2D eigenvalue weighted by Crippen LogP contribution is -2.53. The zero-order valence-corrected chi connectivity index (χ0v) is 18.6. The van der Waals surface area contributed by atoms with Gasteiger partial charge in [-0.15, -0.1) is 0 Å². The molecule has 7 heteroatoms. The van der Waals surface area contributed by atoms with Gasteiger partial charge in [-0.25, -0.2) is 0 Å². The minimum absolute atomic E-state index is 0.101. The van der Waals surface area contributed by atoms with E-state index < -0.39 is 0 Å². The van der Waals surface area contributed by atoms with Gasteiger partial charge in [0.15, 0.2) is 0 Å². The Morgan fingerprint density at radius 3 is 2.52 bits per heavy atom. The lowest BCUT2D eigenvalue weighted by molar-refractivity contribution is -0.116. The molecule has 2 amide bonds. The third kappa shape index (κ3) is 5.61. The van der Waals surface area contributed by atoms with Gasteiger partial charge in [0.1, 0.15) is 5.69 Å². The first kappa shape index (κ1) is 21.7. The average Bonchev–Trinajstić information content (AvgIpc) is 3.18. The highest BCUT2D eigenvalue weighted by molar-refractivity contribution is 6.31. The summed E-state index contributed by atoms with van der Waals surface area (Å²) in [6.45, 7) is 2.05. The third-order valence-electron chi connectivity index (χ3n) is 6.33. The average molecular weight is 441 g/mol. The summed E-state index contributed by atoms with van der Waals surface area (Å²) in [5, 5.41) is 7.68. The molecule has 0 unspecified atom stereocenters. The number of hydrogen-bond acceptors (Lipinski definition) is 3. The maximum Gasteiger partial charge on any atom is 0.296 e. The molecular weight excluding hydrogens is 412 g/mol. The van der Waals surface area contributed by atoms with Gasteiger partial charge < -0.3 is 20.5 Å². The summed E-state index contributed by atoms with van der Waals surface area (Å²) in [6.07, 6.45) is 5.76. The molecule has 1 aromatic carbocycles. The molecule has 0 spiro atoms.